The fourth-order valence-electron chi connectivity index (χ4n) is 5.49. The first-order chi connectivity index (χ1) is 15.7. The predicted molar refractivity (Wildman–Crippen MR) is 125 cm³/mol. The van der Waals surface area contributed by atoms with Gasteiger partial charge in [-0.15, -0.1) is 0 Å². The van der Waals surface area contributed by atoms with E-state index < -0.39 is 0 Å². The minimum Gasteiger partial charge on any atom is -0.395 e. The van der Waals surface area contributed by atoms with E-state index in [1.54, 1.807) is 6.07 Å². The second-order valence-corrected chi connectivity index (χ2v) is 8.99. The van der Waals surface area contributed by atoms with Crippen molar-refractivity contribution in [3.63, 3.8) is 0 Å². The maximum absolute atomic E-state index is 14.2. The number of hydrogen-bond acceptors (Lipinski definition) is 4. The lowest BCUT2D eigenvalue weighted by Crippen LogP contribution is -2.67. The molecule has 2 aromatic carbocycles. The number of rotatable bonds is 5. The summed E-state index contributed by atoms with van der Waals surface area (Å²) in [6, 6.07) is 19.8. The number of hydrogen-bond donors (Lipinski definition) is 1. The molecule has 3 aromatic rings. The fourth-order valence-corrected chi connectivity index (χ4v) is 5.49. The van der Waals surface area contributed by atoms with Crippen LogP contribution in [0.5, 0.6) is 0 Å². The topological polar surface area (TPSA) is 39.6 Å². The molecule has 1 N–H and O–H groups in total. The van der Waals surface area contributed by atoms with Gasteiger partial charge in [0.05, 0.1) is 6.61 Å². The number of halogens is 1. The molecular weight excluding hydrogens is 401 g/mol. The Balaban J connectivity index is 1.37. The van der Waals surface area contributed by atoms with Gasteiger partial charge >= 0.3 is 0 Å². The maximum atomic E-state index is 14.2. The highest BCUT2D eigenvalue weighted by molar-refractivity contribution is 5.64. The van der Waals surface area contributed by atoms with Gasteiger partial charge < -0.3 is 5.11 Å². The highest BCUT2D eigenvalue weighted by atomic mass is 19.1. The third kappa shape index (κ3) is 4.20. The molecule has 0 saturated carbocycles. The quantitative estimate of drug-likeness (QED) is 0.653. The summed E-state index contributed by atoms with van der Waals surface area (Å²) in [5.74, 6) is 0.0820. The molecule has 0 amide bonds. The first-order valence-electron chi connectivity index (χ1n) is 11.6. The first kappa shape index (κ1) is 21.3. The van der Waals surface area contributed by atoms with Crippen LogP contribution in [0.4, 0.5) is 4.39 Å². The van der Waals surface area contributed by atoms with Gasteiger partial charge in [0.15, 0.2) is 0 Å². The lowest BCUT2D eigenvalue weighted by molar-refractivity contribution is -0.0655. The summed E-state index contributed by atoms with van der Waals surface area (Å²) < 4.78 is 14.2. The van der Waals surface area contributed by atoms with E-state index in [4.69, 9.17) is 0 Å². The van der Waals surface area contributed by atoms with Crippen molar-refractivity contribution in [2.45, 2.75) is 37.4 Å². The third-order valence-corrected chi connectivity index (χ3v) is 7.06. The van der Waals surface area contributed by atoms with Crippen molar-refractivity contribution in [2.24, 2.45) is 0 Å². The van der Waals surface area contributed by atoms with Crippen molar-refractivity contribution in [1.29, 1.82) is 0 Å². The van der Waals surface area contributed by atoms with Crippen LogP contribution in [0.1, 0.15) is 29.9 Å². The van der Waals surface area contributed by atoms with E-state index in [9.17, 15) is 9.50 Å². The van der Waals surface area contributed by atoms with E-state index in [2.05, 4.69) is 33.0 Å². The molecule has 166 valence electrons. The Hall–Kier alpha value is -2.60. The van der Waals surface area contributed by atoms with E-state index in [-0.39, 0.29) is 24.4 Å². The zero-order valence-corrected chi connectivity index (χ0v) is 18.3. The Morgan fingerprint density at radius 3 is 2.53 bits per heavy atom. The molecule has 4 nitrogen and oxygen atoms in total. The summed E-state index contributed by atoms with van der Waals surface area (Å²) in [6.45, 7) is 4.17. The van der Waals surface area contributed by atoms with Gasteiger partial charge in [-0.1, -0.05) is 48.5 Å². The smallest absolute Gasteiger partial charge is 0.131 e. The van der Waals surface area contributed by atoms with Crippen LogP contribution in [-0.2, 0) is 6.54 Å². The molecule has 3 heterocycles. The van der Waals surface area contributed by atoms with Gasteiger partial charge in [0, 0.05) is 49.0 Å². The standard InChI is InChI=1S/C27H30FN3O/c28-24-8-2-1-7-23(24)21-9-11-22(12-10-21)27-25-18-30(17-20-6-5-13-29-16-20)14-3-4-15-31(25)26(27)19-32/h1-2,5-13,16,25-27,32H,3-4,14-15,17-19H2/t25-,26-,27-/m1/s1. The second kappa shape index (κ2) is 9.49. The Morgan fingerprint density at radius 1 is 0.969 bits per heavy atom. The van der Waals surface area contributed by atoms with Gasteiger partial charge in [-0.25, -0.2) is 4.39 Å². The SMILES string of the molecule is OC[C@@H]1[C@H](c2ccc(-c3ccccc3F)cc2)[C@H]2CN(Cc3cccnc3)CCCCN12. The van der Waals surface area contributed by atoms with Gasteiger partial charge in [-0.2, -0.15) is 0 Å². The molecule has 32 heavy (non-hydrogen) atoms. The number of benzene rings is 2. The molecule has 3 atom stereocenters. The van der Waals surface area contributed by atoms with Crippen LogP contribution in [0, 0.1) is 5.82 Å². The minimum absolute atomic E-state index is 0.151. The Morgan fingerprint density at radius 2 is 1.78 bits per heavy atom. The van der Waals surface area contributed by atoms with Crippen LogP contribution in [0.2, 0.25) is 0 Å². The molecule has 2 saturated heterocycles. The minimum atomic E-state index is -0.200. The molecule has 5 heteroatoms. The van der Waals surface area contributed by atoms with E-state index in [1.165, 1.54) is 23.6 Å². The number of aromatic nitrogens is 1. The van der Waals surface area contributed by atoms with Gasteiger partial charge in [0.25, 0.3) is 0 Å². The van der Waals surface area contributed by atoms with Crippen LogP contribution in [-0.4, -0.2) is 58.2 Å². The largest absolute Gasteiger partial charge is 0.395 e. The predicted octanol–water partition coefficient (Wildman–Crippen LogP) is 4.31. The van der Waals surface area contributed by atoms with E-state index in [1.807, 2.05) is 42.7 Å². The maximum Gasteiger partial charge on any atom is 0.131 e. The number of fused-ring (bicyclic) bond motifs is 1. The molecule has 0 bridgehead atoms. The second-order valence-electron chi connectivity index (χ2n) is 8.99. The zero-order chi connectivity index (χ0) is 21.9. The summed E-state index contributed by atoms with van der Waals surface area (Å²) in [4.78, 5) is 9.29. The number of aliphatic hydroxyl groups excluding tert-OH is 1. The number of nitrogens with zero attached hydrogens (tertiary/aromatic N) is 3. The number of aliphatic hydroxyl groups is 1. The molecule has 0 spiro atoms. The summed E-state index contributed by atoms with van der Waals surface area (Å²) in [5.41, 5.74) is 3.98. The molecule has 0 aliphatic carbocycles. The zero-order valence-electron chi connectivity index (χ0n) is 18.3. The highest BCUT2D eigenvalue weighted by Gasteiger charge is 2.49. The van der Waals surface area contributed by atoms with Crippen LogP contribution < -0.4 is 0 Å². The van der Waals surface area contributed by atoms with E-state index in [0.717, 1.165) is 38.2 Å². The van der Waals surface area contributed by atoms with Gasteiger partial charge in [-0.3, -0.25) is 14.8 Å². The lowest BCUT2D eigenvalue weighted by Gasteiger charge is -2.57. The van der Waals surface area contributed by atoms with Crippen molar-refractivity contribution in [3.05, 3.63) is 90.0 Å². The Kier molecular flexibility index (Phi) is 6.30. The Bertz CT molecular complexity index is 1030. The summed E-state index contributed by atoms with van der Waals surface area (Å²) in [5, 5.41) is 10.2. The third-order valence-electron chi connectivity index (χ3n) is 7.06. The monoisotopic (exact) mass is 431 g/mol. The fraction of sp³-hybridized carbons (Fsp3) is 0.370. The summed E-state index contributed by atoms with van der Waals surface area (Å²) in [6.07, 6.45) is 6.09. The highest BCUT2D eigenvalue weighted by Crippen LogP contribution is 2.42. The van der Waals surface area contributed by atoms with Crippen molar-refractivity contribution in [2.75, 3.05) is 26.2 Å². The normalized spacial score (nSPS) is 24.2. The average Bonchev–Trinajstić information content (AvgIpc) is 2.81. The van der Waals surface area contributed by atoms with E-state index >= 15 is 0 Å². The van der Waals surface area contributed by atoms with Crippen molar-refractivity contribution in [3.8, 4) is 11.1 Å². The molecule has 2 aliphatic rings. The van der Waals surface area contributed by atoms with Gasteiger partial charge in [0.2, 0.25) is 0 Å². The van der Waals surface area contributed by atoms with Crippen LogP contribution >= 0.6 is 0 Å². The van der Waals surface area contributed by atoms with Crippen LogP contribution in [0.3, 0.4) is 0 Å². The number of pyridine rings is 1. The molecule has 2 fully saturated rings. The molecule has 0 radical (unpaired) electrons. The van der Waals surface area contributed by atoms with E-state index in [0.29, 0.717) is 11.6 Å². The molecule has 1 aromatic heterocycles. The molecule has 5 rings (SSSR count). The Labute approximate surface area is 189 Å². The molecule has 0 unspecified atom stereocenters. The molecular formula is C27H30FN3O. The van der Waals surface area contributed by atoms with Crippen molar-refractivity contribution < 1.29 is 9.50 Å². The van der Waals surface area contributed by atoms with Crippen LogP contribution in [0.25, 0.3) is 11.1 Å². The lowest BCUT2D eigenvalue weighted by atomic mass is 9.74. The average molecular weight is 432 g/mol. The summed E-state index contributed by atoms with van der Waals surface area (Å²) >= 11 is 0. The van der Waals surface area contributed by atoms with Gasteiger partial charge in [-0.05, 0) is 54.8 Å². The van der Waals surface area contributed by atoms with Gasteiger partial charge in [0.1, 0.15) is 5.82 Å². The molecule has 2 aliphatic heterocycles. The van der Waals surface area contributed by atoms with Crippen molar-refractivity contribution >= 4 is 0 Å². The van der Waals surface area contributed by atoms with Crippen LogP contribution in [0.15, 0.2) is 73.1 Å². The van der Waals surface area contributed by atoms with Crippen molar-refractivity contribution in [1.82, 2.24) is 14.8 Å². The first-order valence-corrected chi connectivity index (χ1v) is 11.6. The summed E-state index contributed by atoms with van der Waals surface area (Å²) in [7, 11) is 0.